The van der Waals surface area contributed by atoms with Gasteiger partial charge in [-0.05, 0) is 30.5 Å². The average Bonchev–Trinajstić information content (AvgIpc) is 3.40. The van der Waals surface area contributed by atoms with Crippen molar-refractivity contribution in [1.29, 1.82) is 0 Å². The van der Waals surface area contributed by atoms with Crippen LogP contribution in [0.25, 0.3) is 0 Å². The molecular weight excluding hydrogens is 562 g/mol. The second kappa shape index (κ2) is 17.4. The zero-order valence-electron chi connectivity index (χ0n) is 26.1. The van der Waals surface area contributed by atoms with Gasteiger partial charge in [0.1, 0.15) is 31.2 Å². The smallest absolute Gasteiger partial charge is 0.217 e. The standard InChI is InChI=1S/C35H45NO8/c1-26(37)36-32(30-24-43-35(2,3)44-30)34(41-22-29-18-12-7-13-19-29)33(40-21-28-16-10-6-11-17-28)31(42-25-38-4)23-39-20-27-14-8-5-9-15-27/h5-19,30-34H,20-25H2,1-4H3,(H,36,37)/t30?,31-,32+,33-,34-/m1/s1. The van der Waals surface area contributed by atoms with Crippen LogP contribution in [0.2, 0.25) is 0 Å². The van der Waals surface area contributed by atoms with Crippen LogP contribution in [0.4, 0.5) is 0 Å². The Kier molecular flexibility index (Phi) is 13.3. The van der Waals surface area contributed by atoms with Crippen molar-refractivity contribution in [2.45, 2.75) is 76.8 Å². The third-order valence-corrected chi connectivity index (χ3v) is 7.21. The van der Waals surface area contributed by atoms with Crippen molar-refractivity contribution < 1.29 is 38.0 Å². The molecule has 5 atom stereocenters. The number of nitrogens with one attached hydrogen (secondary N) is 1. The fourth-order valence-corrected chi connectivity index (χ4v) is 5.12. The summed E-state index contributed by atoms with van der Waals surface area (Å²) in [6.45, 7) is 6.57. The van der Waals surface area contributed by atoms with Crippen molar-refractivity contribution in [2.24, 2.45) is 0 Å². The van der Waals surface area contributed by atoms with Gasteiger partial charge in [0.2, 0.25) is 5.91 Å². The molecule has 4 rings (SSSR count). The summed E-state index contributed by atoms with van der Waals surface area (Å²) in [4.78, 5) is 12.6. The van der Waals surface area contributed by atoms with Gasteiger partial charge in [0.05, 0.1) is 39.1 Å². The number of amides is 1. The van der Waals surface area contributed by atoms with Crippen LogP contribution in [-0.2, 0) is 57.8 Å². The van der Waals surface area contributed by atoms with E-state index in [1.165, 1.54) is 6.92 Å². The molecule has 1 heterocycles. The van der Waals surface area contributed by atoms with Crippen molar-refractivity contribution in [2.75, 3.05) is 27.1 Å². The van der Waals surface area contributed by atoms with Gasteiger partial charge in [-0.3, -0.25) is 4.79 Å². The lowest BCUT2D eigenvalue weighted by Crippen LogP contribution is -2.60. The second-order valence-electron chi connectivity index (χ2n) is 11.2. The number of ether oxygens (including phenoxy) is 7. The van der Waals surface area contributed by atoms with Gasteiger partial charge in [-0.15, -0.1) is 0 Å². The number of carbonyl (C=O) groups excluding carboxylic acids is 1. The summed E-state index contributed by atoms with van der Waals surface area (Å²) >= 11 is 0. The van der Waals surface area contributed by atoms with Crippen LogP contribution in [0.5, 0.6) is 0 Å². The van der Waals surface area contributed by atoms with Crippen molar-refractivity contribution >= 4 is 5.91 Å². The number of hydrogen-bond donors (Lipinski definition) is 1. The first-order valence-electron chi connectivity index (χ1n) is 15.0. The zero-order chi connectivity index (χ0) is 31.2. The highest BCUT2D eigenvalue weighted by Gasteiger charge is 2.46. The fraction of sp³-hybridized carbons (Fsp3) is 0.457. The molecule has 44 heavy (non-hydrogen) atoms. The molecule has 0 aliphatic carbocycles. The Morgan fingerprint density at radius 3 is 1.82 bits per heavy atom. The summed E-state index contributed by atoms with van der Waals surface area (Å²) in [6.07, 6.45) is -2.58. The lowest BCUT2D eigenvalue weighted by Gasteiger charge is -2.39. The molecule has 238 valence electrons. The first-order chi connectivity index (χ1) is 21.3. The Labute approximate surface area is 260 Å². The Hall–Kier alpha value is -3.15. The third-order valence-electron chi connectivity index (χ3n) is 7.21. The van der Waals surface area contributed by atoms with Crippen LogP contribution >= 0.6 is 0 Å². The fourth-order valence-electron chi connectivity index (χ4n) is 5.12. The maximum atomic E-state index is 12.6. The normalized spacial score (nSPS) is 18.8. The van der Waals surface area contributed by atoms with E-state index in [1.807, 2.05) is 105 Å². The Balaban J connectivity index is 1.68. The van der Waals surface area contributed by atoms with E-state index in [-0.39, 0.29) is 39.1 Å². The monoisotopic (exact) mass is 607 g/mol. The summed E-state index contributed by atoms with van der Waals surface area (Å²) in [5.74, 6) is -1.05. The highest BCUT2D eigenvalue weighted by atomic mass is 16.7. The minimum atomic E-state index is -0.823. The Bertz CT molecular complexity index is 1230. The third kappa shape index (κ3) is 10.8. The molecule has 0 radical (unpaired) electrons. The molecule has 9 heteroatoms. The Morgan fingerprint density at radius 1 is 0.818 bits per heavy atom. The highest BCUT2D eigenvalue weighted by molar-refractivity contribution is 5.73. The van der Waals surface area contributed by atoms with E-state index in [4.69, 9.17) is 33.2 Å². The maximum absolute atomic E-state index is 12.6. The zero-order valence-corrected chi connectivity index (χ0v) is 26.1. The molecule has 1 saturated heterocycles. The summed E-state index contributed by atoms with van der Waals surface area (Å²) in [7, 11) is 1.57. The van der Waals surface area contributed by atoms with Gasteiger partial charge in [0.15, 0.2) is 5.79 Å². The van der Waals surface area contributed by atoms with Crippen molar-refractivity contribution in [3.05, 3.63) is 108 Å². The van der Waals surface area contributed by atoms with E-state index in [0.717, 1.165) is 16.7 Å². The molecule has 1 amide bonds. The number of benzene rings is 3. The van der Waals surface area contributed by atoms with Crippen LogP contribution in [0.3, 0.4) is 0 Å². The average molecular weight is 608 g/mol. The van der Waals surface area contributed by atoms with E-state index in [1.54, 1.807) is 7.11 Å². The van der Waals surface area contributed by atoms with Gasteiger partial charge in [0, 0.05) is 14.0 Å². The quantitative estimate of drug-likeness (QED) is 0.202. The van der Waals surface area contributed by atoms with Gasteiger partial charge >= 0.3 is 0 Å². The molecular formula is C35H45NO8. The molecule has 0 saturated carbocycles. The van der Waals surface area contributed by atoms with Gasteiger partial charge in [-0.25, -0.2) is 0 Å². The molecule has 0 aromatic heterocycles. The minimum absolute atomic E-state index is 0.0108. The lowest BCUT2D eigenvalue weighted by atomic mass is 9.95. The van der Waals surface area contributed by atoms with E-state index in [2.05, 4.69) is 5.32 Å². The van der Waals surface area contributed by atoms with E-state index in [0.29, 0.717) is 6.61 Å². The van der Waals surface area contributed by atoms with Crippen molar-refractivity contribution in [3.63, 3.8) is 0 Å². The largest absolute Gasteiger partial charge is 0.374 e. The van der Waals surface area contributed by atoms with Gasteiger partial charge < -0.3 is 38.5 Å². The first-order valence-corrected chi connectivity index (χ1v) is 15.0. The Morgan fingerprint density at radius 2 is 1.34 bits per heavy atom. The number of hydrogen-bond acceptors (Lipinski definition) is 8. The molecule has 1 aliphatic rings. The first kappa shape index (κ1) is 33.7. The predicted octanol–water partition coefficient (Wildman–Crippen LogP) is 5.02. The SMILES string of the molecule is COCO[C@H](COCc1ccccc1)[C@@H](OCc1ccccc1)[C@H](OCc1ccccc1)[C@@H](NC(C)=O)C1COC(C)(C)O1. The van der Waals surface area contributed by atoms with Gasteiger partial charge in [-0.1, -0.05) is 91.0 Å². The number of rotatable bonds is 18. The van der Waals surface area contributed by atoms with Crippen LogP contribution in [0, 0.1) is 0 Å². The van der Waals surface area contributed by atoms with Crippen LogP contribution < -0.4 is 5.32 Å². The summed E-state index contributed by atoms with van der Waals surface area (Å²) in [5, 5.41) is 3.09. The molecule has 1 fully saturated rings. The molecule has 0 bridgehead atoms. The van der Waals surface area contributed by atoms with Gasteiger partial charge in [0.25, 0.3) is 0 Å². The molecule has 1 aliphatic heterocycles. The van der Waals surface area contributed by atoms with Crippen LogP contribution in [-0.4, -0.2) is 69.3 Å². The molecule has 0 spiro atoms. The van der Waals surface area contributed by atoms with E-state index < -0.39 is 36.2 Å². The summed E-state index contributed by atoms with van der Waals surface area (Å²) in [6, 6.07) is 29.0. The predicted molar refractivity (Wildman–Crippen MR) is 165 cm³/mol. The second-order valence-corrected chi connectivity index (χ2v) is 11.2. The molecule has 3 aromatic rings. The highest BCUT2D eigenvalue weighted by Crippen LogP contribution is 2.29. The summed E-state index contributed by atoms with van der Waals surface area (Å²) in [5.41, 5.74) is 2.98. The van der Waals surface area contributed by atoms with Crippen LogP contribution in [0.1, 0.15) is 37.5 Å². The van der Waals surface area contributed by atoms with Crippen molar-refractivity contribution in [3.8, 4) is 0 Å². The van der Waals surface area contributed by atoms with Crippen LogP contribution in [0.15, 0.2) is 91.0 Å². The molecule has 3 aromatic carbocycles. The lowest BCUT2D eigenvalue weighted by molar-refractivity contribution is -0.203. The van der Waals surface area contributed by atoms with E-state index >= 15 is 0 Å². The summed E-state index contributed by atoms with van der Waals surface area (Å²) < 4.78 is 43.3. The molecule has 1 N–H and O–H groups in total. The molecule has 9 nitrogen and oxygen atoms in total. The van der Waals surface area contributed by atoms with Gasteiger partial charge in [-0.2, -0.15) is 0 Å². The maximum Gasteiger partial charge on any atom is 0.217 e. The van der Waals surface area contributed by atoms with E-state index in [9.17, 15) is 4.79 Å². The number of methoxy groups -OCH3 is 1. The number of carbonyl (C=O) groups is 1. The topological polar surface area (TPSA) is 93.7 Å². The van der Waals surface area contributed by atoms with Crippen molar-refractivity contribution in [1.82, 2.24) is 5.32 Å². The molecule has 1 unspecified atom stereocenters. The minimum Gasteiger partial charge on any atom is -0.374 e.